The summed E-state index contributed by atoms with van der Waals surface area (Å²) in [5, 5.41) is 0. The van der Waals surface area contributed by atoms with Gasteiger partial charge >= 0.3 is 0 Å². The van der Waals surface area contributed by atoms with Crippen LogP contribution in [-0.4, -0.2) is 23.9 Å². The molecule has 2 saturated heterocycles. The molecule has 0 aromatic carbocycles. The molecule has 2 aliphatic heterocycles. The molecule has 0 bridgehead atoms. The van der Waals surface area contributed by atoms with Crippen LogP contribution < -0.4 is 0 Å². The molecule has 0 radical (unpaired) electrons. The lowest BCUT2D eigenvalue weighted by Gasteiger charge is -2.25. The van der Waals surface area contributed by atoms with Crippen molar-refractivity contribution < 1.29 is 4.52 Å². The topological polar surface area (TPSA) is 12.5 Å². The van der Waals surface area contributed by atoms with Gasteiger partial charge < -0.3 is 4.52 Å². The summed E-state index contributed by atoms with van der Waals surface area (Å²) < 4.78 is 7.82. The molecule has 0 N–H and O–H groups in total. The van der Waals surface area contributed by atoms with E-state index in [4.69, 9.17) is 4.52 Å². The Hall–Kier alpha value is 0.350. The molecule has 2 rings (SSSR count). The minimum absolute atomic E-state index is 0.671. The van der Waals surface area contributed by atoms with Gasteiger partial charge in [-0.05, 0) is 12.8 Å². The summed E-state index contributed by atoms with van der Waals surface area (Å²) in [7, 11) is 0.671. The predicted octanol–water partition coefficient (Wildman–Crippen LogP) is 2.41. The number of fused-ring (bicyclic) bond motifs is 1. The molecule has 0 saturated carbocycles. The highest BCUT2D eigenvalue weighted by Gasteiger charge is 2.27. The van der Waals surface area contributed by atoms with E-state index in [1.807, 2.05) is 13.8 Å². The monoisotopic (exact) mass is 175 g/mol. The highest BCUT2D eigenvalue weighted by atomic mass is 31.1. The summed E-state index contributed by atoms with van der Waals surface area (Å²) in [6.45, 7) is 6.28. The first kappa shape index (κ1) is 9.44. The SMILES string of the molecule is C1CCN2POCC2C1.CC. The minimum atomic E-state index is 0.671. The molecule has 2 nitrogen and oxygen atoms in total. The quantitative estimate of drug-likeness (QED) is 0.524. The van der Waals surface area contributed by atoms with E-state index in [0.717, 1.165) is 12.6 Å². The van der Waals surface area contributed by atoms with Crippen LogP contribution >= 0.6 is 8.96 Å². The summed E-state index contributed by atoms with van der Waals surface area (Å²) in [6, 6.07) is 0.789. The van der Waals surface area contributed by atoms with Crippen molar-refractivity contribution in [2.24, 2.45) is 0 Å². The fourth-order valence-corrected chi connectivity index (χ4v) is 2.55. The van der Waals surface area contributed by atoms with Crippen LogP contribution in [0.15, 0.2) is 0 Å². The smallest absolute Gasteiger partial charge is 0.0893 e. The van der Waals surface area contributed by atoms with Crippen molar-refractivity contribution in [1.29, 1.82) is 0 Å². The fourth-order valence-electron chi connectivity index (χ4n) is 1.51. The first-order valence-electron chi connectivity index (χ1n) is 4.61. The Morgan fingerprint density at radius 3 is 2.91 bits per heavy atom. The molecule has 0 aliphatic carbocycles. The van der Waals surface area contributed by atoms with Gasteiger partial charge in [0.25, 0.3) is 0 Å². The first-order valence-corrected chi connectivity index (χ1v) is 5.46. The van der Waals surface area contributed by atoms with E-state index >= 15 is 0 Å². The van der Waals surface area contributed by atoms with Crippen LogP contribution in [-0.2, 0) is 4.52 Å². The van der Waals surface area contributed by atoms with Crippen molar-refractivity contribution in [2.45, 2.75) is 39.2 Å². The minimum Gasteiger partial charge on any atom is -0.345 e. The average molecular weight is 175 g/mol. The molecule has 2 aliphatic rings. The number of piperidine rings is 1. The lowest BCUT2D eigenvalue weighted by Crippen LogP contribution is -2.30. The zero-order valence-corrected chi connectivity index (χ0v) is 8.47. The molecule has 2 heterocycles. The van der Waals surface area contributed by atoms with Gasteiger partial charge in [0.2, 0.25) is 0 Å². The van der Waals surface area contributed by atoms with Crippen LogP contribution in [0, 0.1) is 0 Å². The molecule has 3 heteroatoms. The number of nitrogens with zero attached hydrogens (tertiary/aromatic N) is 1. The van der Waals surface area contributed by atoms with Crippen LogP contribution in [0.3, 0.4) is 0 Å². The molecule has 66 valence electrons. The van der Waals surface area contributed by atoms with Crippen molar-refractivity contribution >= 4 is 8.96 Å². The van der Waals surface area contributed by atoms with Gasteiger partial charge in [-0.2, -0.15) is 0 Å². The number of hydrogen-bond donors (Lipinski definition) is 0. The molecular weight excluding hydrogens is 157 g/mol. The Balaban J connectivity index is 0.000000281. The van der Waals surface area contributed by atoms with E-state index in [-0.39, 0.29) is 0 Å². The van der Waals surface area contributed by atoms with Crippen molar-refractivity contribution in [3.63, 3.8) is 0 Å². The zero-order chi connectivity index (χ0) is 8.10. The van der Waals surface area contributed by atoms with Crippen molar-refractivity contribution in [3.05, 3.63) is 0 Å². The zero-order valence-electron chi connectivity index (χ0n) is 7.47. The fraction of sp³-hybridized carbons (Fsp3) is 1.00. The standard InChI is InChI=1S/C6H12NOP.C2H6/c1-2-4-7-6(3-1)5-8-9-7;1-2/h6,9H,1-5H2;1-2H3. The average Bonchev–Trinajstić information content (AvgIpc) is 2.55. The lowest BCUT2D eigenvalue weighted by molar-refractivity contribution is 0.257. The van der Waals surface area contributed by atoms with Crippen molar-refractivity contribution in [2.75, 3.05) is 13.2 Å². The van der Waals surface area contributed by atoms with E-state index < -0.39 is 0 Å². The van der Waals surface area contributed by atoms with E-state index in [0.29, 0.717) is 8.96 Å². The van der Waals surface area contributed by atoms with Gasteiger partial charge in [-0.25, -0.2) is 0 Å². The van der Waals surface area contributed by atoms with E-state index in [2.05, 4.69) is 4.67 Å². The van der Waals surface area contributed by atoms with E-state index in [9.17, 15) is 0 Å². The Bertz CT molecular complexity index is 98.3. The third-order valence-corrected chi connectivity index (χ3v) is 3.20. The van der Waals surface area contributed by atoms with Gasteiger partial charge in [-0.3, -0.25) is 4.67 Å². The van der Waals surface area contributed by atoms with Gasteiger partial charge in [0.15, 0.2) is 0 Å². The Labute approximate surface area is 71.2 Å². The molecule has 0 aromatic heterocycles. The largest absolute Gasteiger partial charge is 0.345 e. The van der Waals surface area contributed by atoms with Gasteiger partial charge in [-0.15, -0.1) is 0 Å². The molecule has 2 fully saturated rings. The normalized spacial score (nSPS) is 32.7. The van der Waals surface area contributed by atoms with Gasteiger partial charge in [0.1, 0.15) is 0 Å². The summed E-state index contributed by atoms with van der Waals surface area (Å²) in [5.74, 6) is 0. The first-order chi connectivity index (χ1) is 5.47. The summed E-state index contributed by atoms with van der Waals surface area (Å²) in [6.07, 6.45) is 4.16. The van der Waals surface area contributed by atoms with E-state index in [1.165, 1.54) is 25.8 Å². The van der Waals surface area contributed by atoms with E-state index in [1.54, 1.807) is 0 Å². The number of rotatable bonds is 0. The highest BCUT2D eigenvalue weighted by Crippen LogP contribution is 2.35. The summed E-state index contributed by atoms with van der Waals surface area (Å²) in [4.78, 5) is 0. The van der Waals surface area contributed by atoms with Crippen LogP contribution in [0.25, 0.3) is 0 Å². The maximum Gasteiger partial charge on any atom is 0.0893 e. The molecule has 0 aromatic rings. The third-order valence-electron chi connectivity index (χ3n) is 2.08. The van der Waals surface area contributed by atoms with Gasteiger partial charge in [0, 0.05) is 12.6 Å². The lowest BCUT2D eigenvalue weighted by atomic mass is 10.1. The second-order valence-corrected chi connectivity index (χ2v) is 3.79. The van der Waals surface area contributed by atoms with Crippen LogP contribution in [0.1, 0.15) is 33.1 Å². The molecule has 0 spiro atoms. The molecule has 2 unspecified atom stereocenters. The van der Waals surface area contributed by atoms with Gasteiger partial charge in [0.05, 0.1) is 15.6 Å². The maximum absolute atomic E-state index is 5.35. The number of hydrogen-bond acceptors (Lipinski definition) is 2. The van der Waals surface area contributed by atoms with Crippen molar-refractivity contribution in [1.82, 2.24) is 4.67 Å². The summed E-state index contributed by atoms with van der Waals surface area (Å²) in [5.41, 5.74) is 0. The van der Waals surface area contributed by atoms with Crippen molar-refractivity contribution in [3.8, 4) is 0 Å². The molecule has 11 heavy (non-hydrogen) atoms. The van der Waals surface area contributed by atoms with Crippen LogP contribution in [0.2, 0.25) is 0 Å². The predicted molar refractivity (Wildman–Crippen MR) is 50.0 cm³/mol. The van der Waals surface area contributed by atoms with Crippen LogP contribution in [0.5, 0.6) is 0 Å². The van der Waals surface area contributed by atoms with Gasteiger partial charge in [-0.1, -0.05) is 20.3 Å². The Kier molecular flexibility index (Phi) is 4.36. The second-order valence-electron chi connectivity index (χ2n) is 2.75. The third kappa shape index (κ3) is 2.40. The summed E-state index contributed by atoms with van der Waals surface area (Å²) >= 11 is 0. The molecular formula is C8H18NOP. The second kappa shape index (κ2) is 5.08. The Morgan fingerprint density at radius 1 is 1.36 bits per heavy atom. The Morgan fingerprint density at radius 2 is 2.18 bits per heavy atom. The highest BCUT2D eigenvalue weighted by molar-refractivity contribution is 7.29. The van der Waals surface area contributed by atoms with Crippen LogP contribution in [0.4, 0.5) is 0 Å². The molecule has 0 amide bonds. The molecule has 2 atom stereocenters. The maximum atomic E-state index is 5.35.